The van der Waals surface area contributed by atoms with Crippen molar-refractivity contribution < 1.29 is 22.8 Å². The molecule has 4 N–H and O–H groups in total. The lowest BCUT2D eigenvalue weighted by atomic mass is 10.1. The Labute approximate surface area is 141 Å². The zero-order valence-corrected chi connectivity index (χ0v) is 12.9. The van der Waals surface area contributed by atoms with E-state index >= 15 is 0 Å². The molecule has 6 nitrogen and oxygen atoms in total. The average molecular weight is 352 g/mol. The normalized spacial score (nSPS) is 11.0. The summed E-state index contributed by atoms with van der Waals surface area (Å²) >= 11 is 0. The van der Waals surface area contributed by atoms with Crippen molar-refractivity contribution in [2.75, 3.05) is 0 Å². The molecule has 0 aliphatic heterocycles. The second-order valence-corrected chi connectivity index (χ2v) is 5.13. The van der Waals surface area contributed by atoms with Crippen LogP contribution in [-0.4, -0.2) is 16.9 Å². The van der Waals surface area contributed by atoms with Gasteiger partial charge in [0, 0.05) is 18.3 Å². The number of pyridine rings is 1. The van der Waals surface area contributed by atoms with Gasteiger partial charge in [0.2, 0.25) is 0 Å². The summed E-state index contributed by atoms with van der Waals surface area (Å²) in [6, 6.07) is 7.43. The molecule has 0 aliphatic carbocycles. The van der Waals surface area contributed by atoms with Crippen LogP contribution >= 0.6 is 0 Å². The smallest absolute Gasteiger partial charge is 0.352 e. The molecule has 2 aromatic rings. The van der Waals surface area contributed by atoms with E-state index in [9.17, 15) is 22.8 Å². The lowest BCUT2D eigenvalue weighted by molar-refractivity contribution is -0.137. The molecule has 0 bridgehead atoms. The Kier molecular flexibility index (Phi) is 5.58. The first kappa shape index (κ1) is 18.2. The van der Waals surface area contributed by atoms with E-state index < -0.39 is 23.7 Å². The van der Waals surface area contributed by atoms with Crippen LogP contribution in [0.4, 0.5) is 18.0 Å². The van der Waals surface area contributed by atoms with Crippen LogP contribution < -0.4 is 16.4 Å². The van der Waals surface area contributed by atoms with Crippen LogP contribution in [0.15, 0.2) is 42.6 Å². The molecule has 0 spiro atoms. The lowest BCUT2D eigenvalue weighted by Gasteiger charge is -2.09. The number of carbonyl (C=O) groups excluding carboxylic acids is 2. The first-order valence-electron chi connectivity index (χ1n) is 7.18. The van der Waals surface area contributed by atoms with E-state index in [-0.39, 0.29) is 18.8 Å². The van der Waals surface area contributed by atoms with E-state index in [1.54, 1.807) is 12.1 Å². The Morgan fingerprint density at radius 3 is 2.32 bits per heavy atom. The Morgan fingerprint density at radius 2 is 1.72 bits per heavy atom. The van der Waals surface area contributed by atoms with E-state index in [4.69, 9.17) is 5.73 Å². The summed E-state index contributed by atoms with van der Waals surface area (Å²) in [6.45, 7) is 0.0964. The summed E-state index contributed by atoms with van der Waals surface area (Å²) in [5.41, 5.74) is 5.32. The Balaban J connectivity index is 1.95. The summed E-state index contributed by atoms with van der Waals surface area (Å²) in [5.74, 6) is -0.450. The third-order valence-electron chi connectivity index (χ3n) is 3.26. The quantitative estimate of drug-likeness (QED) is 0.769. The first-order chi connectivity index (χ1) is 11.8. The SMILES string of the molecule is NC(=O)NCc1ccc(C(=O)NCc2cc(C(F)(F)F)ccn2)cc1. The van der Waals surface area contributed by atoms with Gasteiger partial charge in [-0.25, -0.2) is 4.79 Å². The molecular formula is C16H15F3N4O2. The highest BCUT2D eigenvalue weighted by Crippen LogP contribution is 2.28. The third kappa shape index (κ3) is 5.48. The topological polar surface area (TPSA) is 97.1 Å². The summed E-state index contributed by atoms with van der Waals surface area (Å²) < 4.78 is 37.9. The average Bonchev–Trinajstić information content (AvgIpc) is 2.58. The molecule has 0 radical (unpaired) electrons. The van der Waals surface area contributed by atoms with Crippen molar-refractivity contribution in [2.24, 2.45) is 5.73 Å². The zero-order chi connectivity index (χ0) is 18.4. The number of rotatable bonds is 5. The lowest BCUT2D eigenvalue weighted by Crippen LogP contribution is -2.28. The zero-order valence-electron chi connectivity index (χ0n) is 12.9. The number of aromatic nitrogens is 1. The molecule has 9 heteroatoms. The number of benzene rings is 1. The number of hydrogen-bond donors (Lipinski definition) is 3. The maximum Gasteiger partial charge on any atom is 0.416 e. The fraction of sp³-hybridized carbons (Fsp3) is 0.188. The molecule has 3 amide bonds. The summed E-state index contributed by atoms with van der Waals surface area (Å²) in [6.07, 6.45) is -3.42. The monoisotopic (exact) mass is 352 g/mol. The number of urea groups is 1. The predicted octanol–water partition coefficient (Wildman–Crippen LogP) is 2.20. The van der Waals surface area contributed by atoms with Crippen molar-refractivity contribution in [3.8, 4) is 0 Å². The second-order valence-electron chi connectivity index (χ2n) is 5.13. The molecule has 1 heterocycles. The minimum Gasteiger partial charge on any atom is -0.352 e. The highest BCUT2D eigenvalue weighted by Gasteiger charge is 2.30. The standard InChI is InChI=1S/C16H15F3N4O2/c17-16(18,19)12-5-6-21-13(7-12)9-22-14(24)11-3-1-10(2-4-11)8-23-15(20)25/h1-7H,8-9H2,(H,22,24)(H3,20,23,25). The number of halogens is 3. The van der Waals surface area contributed by atoms with Crippen LogP contribution in [0.25, 0.3) is 0 Å². The molecule has 1 aromatic heterocycles. The molecule has 0 aliphatic rings. The molecule has 25 heavy (non-hydrogen) atoms. The van der Waals surface area contributed by atoms with Crippen LogP contribution in [-0.2, 0) is 19.3 Å². The molecule has 1 aromatic carbocycles. The highest BCUT2D eigenvalue weighted by molar-refractivity contribution is 5.94. The van der Waals surface area contributed by atoms with Gasteiger partial charge in [-0.1, -0.05) is 12.1 Å². The van der Waals surface area contributed by atoms with E-state index in [0.29, 0.717) is 5.56 Å². The number of primary amides is 1. The van der Waals surface area contributed by atoms with Gasteiger partial charge in [-0.05, 0) is 29.8 Å². The van der Waals surface area contributed by atoms with Crippen LogP contribution in [0, 0.1) is 0 Å². The predicted molar refractivity (Wildman–Crippen MR) is 83.3 cm³/mol. The van der Waals surface area contributed by atoms with Crippen LogP contribution in [0.3, 0.4) is 0 Å². The van der Waals surface area contributed by atoms with Crippen molar-refractivity contribution in [1.82, 2.24) is 15.6 Å². The maximum atomic E-state index is 12.6. The fourth-order valence-corrected chi connectivity index (χ4v) is 1.99. The minimum absolute atomic E-state index is 0.102. The number of nitrogens with zero attached hydrogens (tertiary/aromatic N) is 1. The van der Waals surface area contributed by atoms with Crippen molar-refractivity contribution in [1.29, 1.82) is 0 Å². The van der Waals surface area contributed by atoms with Crippen LogP contribution in [0.2, 0.25) is 0 Å². The molecule has 132 valence electrons. The van der Waals surface area contributed by atoms with Gasteiger partial charge in [0.1, 0.15) is 0 Å². The summed E-state index contributed by atoms with van der Waals surface area (Å²) in [5, 5.41) is 4.92. The van der Waals surface area contributed by atoms with Crippen molar-refractivity contribution in [2.45, 2.75) is 19.3 Å². The molecular weight excluding hydrogens is 337 g/mol. The third-order valence-corrected chi connectivity index (χ3v) is 3.26. The molecule has 2 rings (SSSR count). The number of amides is 3. The maximum absolute atomic E-state index is 12.6. The fourth-order valence-electron chi connectivity index (χ4n) is 1.99. The van der Waals surface area contributed by atoms with E-state index in [0.717, 1.165) is 23.9 Å². The van der Waals surface area contributed by atoms with Gasteiger partial charge in [-0.2, -0.15) is 13.2 Å². The van der Waals surface area contributed by atoms with Crippen molar-refractivity contribution in [3.05, 3.63) is 65.0 Å². The van der Waals surface area contributed by atoms with Gasteiger partial charge in [-0.15, -0.1) is 0 Å². The van der Waals surface area contributed by atoms with E-state index in [1.165, 1.54) is 12.1 Å². The summed E-state index contributed by atoms with van der Waals surface area (Å²) in [4.78, 5) is 26.5. The van der Waals surface area contributed by atoms with Gasteiger partial charge in [0.05, 0.1) is 17.8 Å². The number of carbonyl (C=O) groups is 2. The molecule has 0 unspecified atom stereocenters. The van der Waals surface area contributed by atoms with Gasteiger partial charge in [0.15, 0.2) is 0 Å². The van der Waals surface area contributed by atoms with Crippen LogP contribution in [0.5, 0.6) is 0 Å². The largest absolute Gasteiger partial charge is 0.416 e. The van der Waals surface area contributed by atoms with Gasteiger partial charge >= 0.3 is 12.2 Å². The second kappa shape index (κ2) is 7.65. The summed E-state index contributed by atoms with van der Waals surface area (Å²) in [7, 11) is 0. The van der Waals surface area contributed by atoms with Gasteiger partial charge < -0.3 is 16.4 Å². The Bertz CT molecular complexity index is 761. The molecule has 0 saturated carbocycles. The molecule has 0 atom stereocenters. The van der Waals surface area contributed by atoms with E-state index in [1.807, 2.05) is 0 Å². The minimum atomic E-state index is -4.46. The molecule has 0 fully saturated rings. The highest BCUT2D eigenvalue weighted by atomic mass is 19.4. The van der Waals surface area contributed by atoms with Crippen LogP contribution in [0.1, 0.15) is 27.2 Å². The number of nitrogens with two attached hydrogens (primary N) is 1. The van der Waals surface area contributed by atoms with Crippen molar-refractivity contribution >= 4 is 11.9 Å². The Hall–Kier alpha value is -3.10. The van der Waals surface area contributed by atoms with Gasteiger partial charge in [0.25, 0.3) is 5.91 Å². The molecule has 0 saturated heterocycles. The van der Waals surface area contributed by atoms with Gasteiger partial charge in [-0.3, -0.25) is 9.78 Å². The number of alkyl halides is 3. The first-order valence-corrected chi connectivity index (χ1v) is 7.18. The number of hydrogen-bond acceptors (Lipinski definition) is 3. The van der Waals surface area contributed by atoms with Crippen molar-refractivity contribution in [3.63, 3.8) is 0 Å². The Morgan fingerprint density at radius 1 is 1.04 bits per heavy atom. The number of nitrogens with one attached hydrogen (secondary N) is 2. The van der Waals surface area contributed by atoms with E-state index in [2.05, 4.69) is 15.6 Å².